The summed E-state index contributed by atoms with van der Waals surface area (Å²) in [7, 11) is 3.08. The average Bonchev–Trinajstić information content (AvgIpc) is 3.06. The number of nitrogens with zero attached hydrogens (tertiary/aromatic N) is 4. The maximum atomic E-state index is 14.3. The predicted octanol–water partition coefficient (Wildman–Crippen LogP) is 7.07. The minimum atomic E-state index is -4.79. The number of carbonyl (C=O) groups excluding carboxylic acids is 2. The Balaban J connectivity index is 1.60. The van der Waals surface area contributed by atoms with Gasteiger partial charge in [-0.2, -0.15) is 26.3 Å². The summed E-state index contributed by atoms with van der Waals surface area (Å²) < 4.78 is 81.7. The second-order valence-corrected chi connectivity index (χ2v) is 12.1. The molecular weight excluding hydrogens is 676 g/mol. The van der Waals surface area contributed by atoms with Gasteiger partial charge in [-0.15, -0.1) is 0 Å². The van der Waals surface area contributed by atoms with Crippen molar-refractivity contribution in [2.75, 3.05) is 19.0 Å². The molecule has 49 heavy (non-hydrogen) atoms. The van der Waals surface area contributed by atoms with Crippen LogP contribution in [-0.4, -0.2) is 46.4 Å². The van der Waals surface area contributed by atoms with Crippen LogP contribution in [0, 0.1) is 0 Å². The lowest BCUT2D eigenvalue weighted by Crippen LogP contribution is -2.46. The van der Waals surface area contributed by atoms with Gasteiger partial charge in [-0.1, -0.05) is 23.7 Å². The molecule has 3 aromatic carbocycles. The highest BCUT2D eigenvalue weighted by Gasteiger charge is 2.37. The van der Waals surface area contributed by atoms with Crippen LogP contribution in [0.15, 0.2) is 71.5 Å². The molecule has 0 fully saturated rings. The second-order valence-electron chi connectivity index (χ2n) is 11.7. The van der Waals surface area contributed by atoms with Crippen molar-refractivity contribution >= 4 is 29.4 Å². The molecule has 2 heterocycles. The van der Waals surface area contributed by atoms with E-state index in [1.165, 1.54) is 46.8 Å². The predicted molar refractivity (Wildman–Crippen MR) is 171 cm³/mol. The molecule has 8 nitrogen and oxygen atoms in total. The average molecular weight is 706 g/mol. The normalized spacial score (nSPS) is 15.4. The van der Waals surface area contributed by atoms with Gasteiger partial charge in [0.1, 0.15) is 0 Å². The molecular formula is C34H30ClF6N5O3. The van der Waals surface area contributed by atoms with Gasteiger partial charge in [0.25, 0.3) is 17.4 Å². The SMILES string of the molecule is CNC(=O)c1ccc(-n2c(N(C)[C@@H](C)c3ccc(C(F)(F)F)cc3)nc3c(c2=O)C[C@@H](C)N(C(=O)c2ccc(Cl)c(C(F)(F)F)c2)C3)cc1. The third-order valence-electron chi connectivity index (χ3n) is 8.61. The summed E-state index contributed by atoms with van der Waals surface area (Å²) in [6.45, 7) is 3.17. The molecule has 0 bridgehead atoms. The Hall–Kier alpha value is -4.85. The molecule has 2 atom stereocenters. The van der Waals surface area contributed by atoms with Gasteiger partial charge in [0.05, 0.1) is 40.1 Å². The van der Waals surface area contributed by atoms with E-state index in [1.54, 1.807) is 37.9 Å². The van der Waals surface area contributed by atoms with Gasteiger partial charge in [-0.3, -0.25) is 14.4 Å². The fourth-order valence-corrected chi connectivity index (χ4v) is 5.91. The molecule has 0 radical (unpaired) electrons. The lowest BCUT2D eigenvalue weighted by atomic mass is 9.98. The summed E-state index contributed by atoms with van der Waals surface area (Å²) in [6, 6.07) is 12.4. The van der Waals surface area contributed by atoms with E-state index >= 15 is 0 Å². The Labute approximate surface area is 281 Å². The van der Waals surface area contributed by atoms with Crippen LogP contribution >= 0.6 is 11.6 Å². The summed E-state index contributed by atoms with van der Waals surface area (Å²) in [4.78, 5) is 47.7. The van der Waals surface area contributed by atoms with Gasteiger partial charge in [0.15, 0.2) is 0 Å². The van der Waals surface area contributed by atoms with Crippen LogP contribution in [0.3, 0.4) is 0 Å². The Morgan fingerprint density at radius 1 is 0.959 bits per heavy atom. The molecule has 15 heteroatoms. The minimum Gasteiger partial charge on any atom is -0.355 e. The standard InChI is InChI=1S/C34H30ClF6N5O3/c1-18-15-25-28(17-45(18)30(48)22-9-14-27(35)26(16-22)34(39,40)41)43-32(44(4)19(2)20-5-10-23(11-6-20)33(36,37)38)46(31(25)49)24-12-7-21(8-13-24)29(47)42-3/h5-14,16,18-19H,15,17H2,1-4H3,(H,42,47)/t18-,19+/m1/s1. The van der Waals surface area contributed by atoms with Crippen molar-refractivity contribution in [3.05, 3.63) is 121 Å². The van der Waals surface area contributed by atoms with E-state index in [-0.39, 0.29) is 41.6 Å². The number of hydrogen-bond donors (Lipinski definition) is 1. The number of alkyl halides is 6. The first-order valence-corrected chi connectivity index (χ1v) is 15.3. The molecule has 0 saturated heterocycles. The summed E-state index contributed by atoms with van der Waals surface area (Å²) in [5, 5.41) is 1.96. The summed E-state index contributed by atoms with van der Waals surface area (Å²) >= 11 is 5.76. The van der Waals surface area contributed by atoms with E-state index in [2.05, 4.69) is 5.32 Å². The lowest BCUT2D eigenvalue weighted by molar-refractivity contribution is -0.138. The molecule has 2 amide bonds. The van der Waals surface area contributed by atoms with Gasteiger partial charge in [-0.05, 0) is 80.4 Å². The molecule has 5 rings (SSSR count). The van der Waals surface area contributed by atoms with Crippen LogP contribution in [0.4, 0.5) is 32.3 Å². The summed E-state index contributed by atoms with van der Waals surface area (Å²) in [5.41, 5.74) is -1.06. The quantitative estimate of drug-likeness (QED) is 0.217. The van der Waals surface area contributed by atoms with Crippen molar-refractivity contribution in [2.24, 2.45) is 0 Å². The molecule has 0 unspecified atom stereocenters. The van der Waals surface area contributed by atoms with Crippen LogP contribution < -0.4 is 15.8 Å². The van der Waals surface area contributed by atoms with Gasteiger partial charge < -0.3 is 15.1 Å². The molecule has 0 aliphatic carbocycles. The van der Waals surface area contributed by atoms with Crippen molar-refractivity contribution in [2.45, 2.75) is 51.2 Å². The molecule has 4 aromatic rings. The number of anilines is 1. The number of carbonyl (C=O) groups is 2. The zero-order valence-electron chi connectivity index (χ0n) is 26.6. The van der Waals surface area contributed by atoms with E-state index in [9.17, 15) is 40.7 Å². The number of halogens is 7. The van der Waals surface area contributed by atoms with Gasteiger partial charge in [-0.25, -0.2) is 9.55 Å². The van der Waals surface area contributed by atoms with E-state index < -0.39 is 52.1 Å². The van der Waals surface area contributed by atoms with Crippen LogP contribution in [0.5, 0.6) is 0 Å². The van der Waals surface area contributed by atoms with Crippen molar-refractivity contribution in [3.8, 4) is 5.69 Å². The first-order chi connectivity index (χ1) is 22.9. The van der Waals surface area contributed by atoms with Gasteiger partial charge in [0.2, 0.25) is 5.95 Å². The number of benzene rings is 3. The number of rotatable bonds is 6. The monoisotopic (exact) mass is 705 g/mol. The maximum absolute atomic E-state index is 14.3. The molecule has 0 saturated carbocycles. The smallest absolute Gasteiger partial charge is 0.355 e. The molecule has 1 aliphatic heterocycles. The largest absolute Gasteiger partial charge is 0.417 e. The number of amides is 2. The fraction of sp³-hybridized carbons (Fsp3) is 0.294. The second kappa shape index (κ2) is 13.2. The van der Waals surface area contributed by atoms with Crippen molar-refractivity contribution in [3.63, 3.8) is 0 Å². The van der Waals surface area contributed by atoms with Crippen molar-refractivity contribution < 1.29 is 35.9 Å². The minimum absolute atomic E-state index is 0.0292. The Morgan fingerprint density at radius 3 is 2.14 bits per heavy atom. The number of fused-ring (bicyclic) bond motifs is 1. The fourth-order valence-electron chi connectivity index (χ4n) is 5.68. The molecule has 1 aromatic heterocycles. The number of nitrogens with one attached hydrogen (secondary N) is 1. The lowest BCUT2D eigenvalue weighted by Gasteiger charge is -2.36. The molecule has 1 N–H and O–H groups in total. The van der Waals surface area contributed by atoms with E-state index in [0.29, 0.717) is 22.9 Å². The highest BCUT2D eigenvalue weighted by Crippen LogP contribution is 2.36. The van der Waals surface area contributed by atoms with Crippen LogP contribution in [0.25, 0.3) is 5.69 Å². The van der Waals surface area contributed by atoms with Gasteiger partial charge >= 0.3 is 12.4 Å². The van der Waals surface area contributed by atoms with E-state index in [4.69, 9.17) is 16.6 Å². The Bertz CT molecular complexity index is 1960. The zero-order chi connectivity index (χ0) is 36.0. The van der Waals surface area contributed by atoms with E-state index in [0.717, 1.165) is 18.2 Å². The first-order valence-electron chi connectivity index (χ1n) is 15.0. The number of hydrogen-bond acceptors (Lipinski definition) is 5. The van der Waals surface area contributed by atoms with Crippen molar-refractivity contribution in [1.82, 2.24) is 19.8 Å². The third kappa shape index (κ3) is 7.00. The highest BCUT2D eigenvalue weighted by molar-refractivity contribution is 6.31. The molecule has 0 spiro atoms. The summed E-state index contributed by atoms with van der Waals surface area (Å²) in [6.07, 6.45) is -9.29. The number of aromatic nitrogens is 2. The van der Waals surface area contributed by atoms with Crippen molar-refractivity contribution in [1.29, 1.82) is 0 Å². The van der Waals surface area contributed by atoms with Crippen LogP contribution in [0.1, 0.15) is 68.6 Å². The van der Waals surface area contributed by atoms with Crippen LogP contribution in [0.2, 0.25) is 5.02 Å². The molecule has 1 aliphatic rings. The topological polar surface area (TPSA) is 87.5 Å². The molecule has 258 valence electrons. The zero-order valence-corrected chi connectivity index (χ0v) is 27.3. The maximum Gasteiger partial charge on any atom is 0.417 e. The Morgan fingerprint density at radius 2 is 1.57 bits per heavy atom. The summed E-state index contributed by atoms with van der Waals surface area (Å²) in [5.74, 6) is -0.988. The highest BCUT2D eigenvalue weighted by atomic mass is 35.5. The van der Waals surface area contributed by atoms with E-state index in [1.807, 2.05) is 0 Å². The van der Waals surface area contributed by atoms with Gasteiger partial charge in [0, 0.05) is 36.8 Å². The Kier molecular flexibility index (Phi) is 9.57. The first kappa shape index (κ1) is 35.5. The van der Waals surface area contributed by atoms with Crippen LogP contribution in [-0.2, 0) is 25.3 Å². The third-order valence-corrected chi connectivity index (χ3v) is 8.94.